The summed E-state index contributed by atoms with van der Waals surface area (Å²) >= 11 is 0. The Kier molecular flexibility index (Phi) is 13.4. The molecule has 228 valence electrons. The highest BCUT2D eigenvalue weighted by Gasteiger charge is 2.43. The number of carboxylic acid groups (broad SMARTS) is 2. The monoisotopic (exact) mass is 569 g/mol. The van der Waals surface area contributed by atoms with Crippen LogP contribution in [0.15, 0.2) is 0 Å². The number of urea groups is 1. The Labute approximate surface area is 236 Å². The van der Waals surface area contributed by atoms with Gasteiger partial charge in [0.1, 0.15) is 24.2 Å². The third-order valence-corrected chi connectivity index (χ3v) is 6.88. The zero-order valence-corrected chi connectivity index (χ0v) is 24.7. The molecule has 0 aromatic carbocycles. The lowest BCUT2D eigenvalue weighted by atomic mass is 9.85. The topological polar surface area (TPSA) is 194 Å². The molecule has 40 heavy (non-hydrogen) atoms. The van der Waals surface area contributed by atoms with Gasteiger partial charge in [0.05, 0.1) is 6.42 Å². The predicted molar refractivity (Wildman–Crippen MR) is 147 cm³/mol. The van der Waals surface area contributed by atoms with Gasteiger partial charge < -0.3 is 36.4 Å². The van der Waals surface area contributed by atoms with E-state index in [1.807, 2.05) is 13.8 Å². The first-order valence-electron chi connectivity index (χ1n) is 13.9. The van der Waals surface area contributed by atoms with E-state index >= 15 is 0 Å². The van der Waals surface area contributed by atoms with Crippen molar-refractivity contribution in [3.63, 3.8) is 0 Å². The first-order valence-corrected chi connectivity index (χ1v) is 13.9. The van der Waals surface area contributed by atoms with Gasteiger partial charge in [0.25, 0.3) is 0 Å². The summed E-state index contributed by atoms with van der Waals surface area (Å²) in [4.78, 5) is 76.8. The summed E-state index contributed by atoms with van der Waals surface area (Å²) in [7, 11) is 0. The van der Waals surface area contributed by atoms with E-state index in [0.29, 0.717) is 6.42 Å². The Bertz CT molecular complexity index is 928. The number of hydrogen-bond donors (Lipinski definition) is 6. The fraction of sp³-hybridized carbons (Fsp3) is 0.778. The largest absolute Gasteiger partial charge is 0.481 e. The van der Waals surface area contributed by atoms with E-state index in [1.165, 1.54) is 4.90 Å². The summed E-state index contributed by atoms with van der Waals surface area (Å²) in [5.74, 6) is -4.83. The number of rotatable bonds is 14. The zero-order chi connectivity index (χ0) is 30.8. The fourth-order valence-electron chi connectivity index (χ4n) is 4.59. The van der Waals surface area contributed by atoms with Crippen LogP contribution < -0.4 is 21.3 Å². The number of carbonyl (C=O) groups is 6. The molecular weight excluding hydrogens is 522 g/mol. The normalized spacial score (nSPS) is 17.6. The van der Waals surface area contributed by atoms with Crippen molar-refractivity contribution in [3.8, 4) is 0 Å². The molecule has 0 aromatic rings. The van der Waals surface area contributed by atoms with Crippen LogP contribution in [-0.2, 0) is 24.0 Å². The number of carbonyl (C=O) groups excluding carboxylic acids is 4. The fourth-order valence-corrected chi connectivity index (χ4v) is 4.59. The maximum absolute atomic E-state index is 13.7. The number of aliphatic carboxylic acids is 2. The van der Waals surface area contributed by atoms with E-state index in [0.717, 1.165) is 12.8 Å². The molecule has 0 bridgehead atoms. The van der Waals surface area contributed by atoms with Gasteiger partial charge in [-0.15, -0.1) is 0 Å². The Morgan fingerprint density at radius 2 is 1.50 bits per heavy atom. The van der Waals surface area contributed by atoms with E-state index in [1.54, 1.807) is 34.6 Å². The summed E-state index contributed by atoms with van der Waals surface area (Å²) in [5, 5.41) is 29.1. The second kappa shape index (κ2) is 15.4. The average Bonchev–Trinajstić information content (AvgIpc) is 3.33. The zero-order valence-electron chi connectivity index (χ0n) is 24.7. The minimum Gasteiger partial charge on any atom is -0.481 e. The molecular formula is C27H47N5O8. The van der Waals surface area contributed by atoms with Crippen LogP contribution in [0.25, 0.3) is 0 Å². The van der Waals surface area contributed by atoms with Crippen molar-refractivity contribution < 1.29 is 39.0 Å². The SMILES string of the molecule is CCC(CC)NC(=O)NC(C(=O)N1CCCC1C(=O)NC(CC(=O)O)C(=O)NC(CC(C)C)C(=O)O)C(C)(C)C. The van der Waals surface area contributed by atoms with Crippen molar-refractivity contribution in [2.45, 2.75) is 117 Å². The van der Waals surface area contributed by atoms with Gasteiger partial charge >= 0.3 is 18.0 Å². The predicted octanol–water partition coefficient (Wildman–Crippen LogP) is 1.45. The van der Waals surface area contributed by atoms with Crippen LogP contribution in [0.5, 0.6) is 0 Å². The van der Waals surface area contributed by atoms with Gasteiger partial charge in [-0.2, -0.15) is 0 Å². The minimum atomic E-state index is -1.54. The lowest BCUT2D eigenvalue weighted by Crippen LogP contribution is -2.60. The second-order valence-corrected chi connectivity index (χ2v) is 11.8. The third kappa shape index (κ3) is 10.6. The van der Waals surface area contributed by atoms with Crippen LogP contribution in [0, 0.1) is 11.3 Å². The molecule has 0 aromatic heterocycles. The lowest BCUT2D eigenvalue weighted by Gasteiger charge is -2.36. The Hall–Kier alpha value is -3.38. The van der Waals surface area contributed by atoms with Crippen LogP contribution in [-0.4, -0.2) is 87.6 Å². The van der Waals surface area contributed by atoms with E-state index in [2.05, 4.69) is 21.3 Å². The smallest absolute Gasteiger partial charge is 0.326 e. The molecule has 0 aliphatic carbocycles. The van der Waals surface area contributed by atoms with Crippen molar-refractivity contribution in [2.24, 2.45) is 11.3 Å². The molecule has 0 saturated carbocycles. The Balaban J connectivity index is 3.10. The third-order valence-electron chi connectivity index (χ3n) is 6.88. The highest BCUT2D eigenvalue weighted by atomic mass is 16.4. The van der Waals surface area contributed by atoms with E-state index in [-0.39, 0.29) is 31.3 Å². The molecule has 1 aliphatic rings. The van der Waals surface area contributed by atoms with E-state index in [4.69, 9.17) is 0 Å². The van der Waals surface area contributed by atoms with Crippen molar-refractivity contribution in [3.05, 3.63) is 0 Å². The van der Waals surface area contributed by atoms with Crippen LogP contribution in [0.4, 0.5) is 4.79 Å². The summed E-state index contributed by atoms with van der Waals surface area (Å²) < 4.78 is 0. The number of amides is 5. The molecule has 1 fully saturated rings. The number of nitrogens with zero attached hydrogens (tertiary/aromatic N) is 1. The van der Waals surface area contributed by atoms with Crippen molar-refractivity contribution in [2.75, 3.05) is 6.54 Å². The molecule has 1 heterocycles. The summed E-state index contributed by atoms with van der Waals surface area (Å²) in [6.07, 6.45) is 1.57. The summed E-state index contributed by atoms with van der Waals surface area (Å²) in [6.45, 7) is 13.1. The van der Waals surface area contributed by atoms with Gasteiger partial charge in [-0.25, -0.2) is 9.59 Å². The molecule has 13 heteroatoms. The first-order chi connectivity index (χ1) is 18.5. The van der Waals surface area contributed by atoms with Gasteiger partial charge in [0.2, 0.25) is 17.7 Å². The number of hydrogen-bond acceptors (Lipinski definition) is 6. The molecule has 13 nitrogen and oxygen atoms in total. The number of carboxylic acids is 2. The number of nitrogens with one attached hydrogen (secondary N) is 4. The Morgan fingerprint density at radius 1 is 0.900 bits per heavy atom. The van der Waals surface area contributed by atoms with Gasteiger partial charge in [0.15, 0.2) is 0 Å². The van der Waals surface area contributed by atoms with E-state index < -0.39 is 71.7 Å². The number of likely N-dealkylation sites (tertiary alicyclic amines) is 1. The Morgan fingerprint density at radius 3 is 1.98 bits per heavy atom. The average molecular weight is 570 g/mol. The van der Waals surface area contributed by atoms with Gasteiger partial charge in [-0.3, -0.25) is 19.2 Å². The second-order valence-electron chi connectivity index (χ2n) is 11.8. The molecule has 4 unspecified atom stereocenters. The van der Waals surface area contributed by atoms with Crippen LogP contribution in [0.3, 0.4) is 0 Å². The molecule has 1 rings (SSSR count). The first kappa shape index (κ1) is 34.6. The maximum Gasteiger partial charge on any atom is 0.326 e. The van der Waals surface area contributed by atoms with E-state index in [9.17, 15) is 39.0 Å². The standard InChI is InChI=1S/C27H47N5O8/c1-8-16(9-2)28-26(40)31-21(27(5,6)7)24(37)32-12-10-11-19(32)23(36)29-17(14-20(33)34)22(35)30-18(25(38)39)13-15(3)4/h15-19,21H,8-14H2,1-7H3,(H,29,36)(H,30,35)(H,33,34)(H,38,39)(H2,28,31,40). The molecule has 0 radical (unpaired) electrons. The van der Waals surface area contributed by atoms with Crippen molar-refractivity contribution in [1.82, 2.24) is 26.2 Å². The molecule has 0 spiro atoms. The molecule has 4 atom stereocenters. The minimum absolute atomic E-state index is 0.0559. The molecule has 1 aliphatic heterocycles. The van der Waals surface area contributed by atoms with Crippen LogP contribution in [0.2, 0.25) is 0 Å². The quantitative estimate of drug-likeness (QED) is 0.181. The summed E-state index contributed by atoms with van der Waals surface area (Å²) in [6, 6.07) is -5.29. The van der Waals surface area contributed by atoms with Gasteiger partial charge in [-0.05, 0) is 43.4 Å². The highest BCUT2D eigenvalue weighted by Crippen LogP contribution is 2.26. The molecule has 5 amide bonds. The van der Waals surface area contributed by atoms with Gasteiger partial charge in [-0.1, -0.05) is 48.5 Å². The molecule has 1 saturated heterocycles. The highest BCUT2D eigenvalue weighted by molar-refractivity contribution is 5.96. The van der Waals surface area contributed by atoms with Crippen LogP contribution in [0.1, 0.15) is 87.0 Å². The van der Waals surface area contributed by atoms with Gasteiger partial charge in [0, 0.05) is 12.6 Å². The van der Waals surface area contributed by atoms with Crippen molar-refractivity contribution >= 4 is 35.7 Å². The van der Waals surface area contributed by atoms with Crippen LogP contribution >= 0.6 is 0 Å². The lowest BCUT2D eigenvalue weighted by molar-refractivity contribution is -0.145. The maximum atomic E-state index is 13.7. The van der Waals surface area contributed by atoms with Crippen molar-refractivity contribution in [1.29, 1.82) is 0 Å². The molecule has 6 N–H and O–H groups in total. The summed E-state index contributed by atoms with van der Waals surface area (Å²) in [5.41, 5.74) is -0.694.